The molecule has 1 heterocycles. The molecule has 0 amide bonds. The second kappa shape index (κ2) is 5.01. The van der Waals surface area contributed by atoms with E-state index in [1.807, 2.05) is 0 Å². The van der Waals surface area contributed by atoms with Crippen LogP contribution in [0.3, 0.4) is 0 Å². The summed E-state index contributed by atoms with van der Waals surface area (Å²) in [6.45, 7) is 0. The van der Waals surface area contributed by atoms with E-state index < -0.39 is 34.9 Å². The molecule has 2 rings (SSSR count). The third-order valence-electron chi connectivity index (χ3n) is 2.61. The summed E-state index contributed by atoms with van der Waals surface area (Å²) in [5, 5.41) is 0. The van der Waals surface area contributed by atoms with Gasteiger partial charge in [0.05, 0.1) is 16.8 Å². The molecule has 0 unspecified atom stereocenters. The largest absolute Gasteiger partial charge is 0.416 e. The number of pyridine rings is 1. The Kier molecular flexibility index (Phi) is 3.65. The van der Waals surface area contributed by atoms with E-state index in [1.54, 1.807) is 0 Å². The van der Waals surface area contributed by atoms with Crippen LogP contribution >= 0.6 is 0 Å². The topological polar surface area (TPSA) is 12.9 Å². The van der Waals surface area contributed by atoms with Crippen molar-refractivity contribution in [1.29, 1.82) is 0 Å². The SMILES string of the molecule is Fc1ccnc(-c2cc(C(F)(F)F)cc(C(F)(F)F)c2)c1. The number of benzene rings is 1. The lowest BCUT2D eigenvalue weighted by molar-refractivity contribution is -0.143. The molecule has 0 aliphatic carbocycles. The van der Waals surface area contributed by atoms with E-state index in [1.165, 1.54) is 0 Å². The molecule has 1 nitrogen and oxygen atoms in total. The molecule has 0 aliphatic heterocycles. The van der Waals surface area contributed by atoms with Crippen LogP contribution in [-0.4, -0.2) is 4.98 Å². The monoisotopic (exact) mass is 309 g/mol. The molecule has 0 fully saturated rings. The molecular weight excluding hydrogens is 303 g/mol. The Morgan fingerprint density at radius 3 is 1.71 bits per heavy atom. The van der Waals surface area contributed by atoms with Crippen LogP contribution in [-0.2, 0) is 12.4 Å². The first-order valence-corrected chi connectivity index (χ1v) is 5.49. The maximum atomic E-state index is 13.0. The number of halogens is 7. The van der Waals surface area contributed by atoms with E-state index >= 15 is 0 Å². The van der Waals surface area contributed by atoms with Crippen LogP contribution in [0.4, 0.5) is 30.7 Å². The molecule has 8 heteroatoms. The van der Waals surface area contributed by atoms with Gasteiger partial charge in [-0.1, -0.05) is 0 Å². The first kappa shape index (κ1) is 15.3. The van der Waals surface area contributed by atoms with Crippen LogP contribution in [0.5, 0.6) is 0 Å². The predicted molar refractivity (Wildman–Crippen MR) is 59.6 cm³/mol. The zero-order valence-electron chi connectivity index (χ0n) is 10.1. The van der Waals surface area contributed by atoms with Crippen molar-refractivity contribution in [1.82, 2.24) is 4.98 Å². The number of alkyl halides is 6. The Morgan fingerprint density at radius 2 is 1.29 bits per heavy atom. The molecule has 0 N–H and O–H groups in total. The van der Waals surface area contributed by atoms with Crippen LogP contribution in [0.25, 0.3) is 11.3 Å². The van der Waals surface area contributed by atoms with Crippen molar-refractivity contribution in [2.45, 2.75) is 12.4 Å². The minimum atomic E-state index is -4.96. The number of aromatic nitrogens is 1. The van der Waals surface area contributed by atoms with E-state index in [9.17, 15) is 30.7 Å². The Hall–Kier alpha value is -2.12. The van der Waals surface area contributed by atoms with E-state index in [-0.39, 0.29) is 11.8 Å². The van der Waals surface area contributed by atoms with Gasteiger partial charge in [0.25, 0.3) is 0 Å². The predicted octanol–water partition coefficient (Wildman–Crippen LogP) is 4.93. The molecule has 0 bridgehead atoms. The fourth-order valence-electron chi connectivity index (χ4n) is 1.67. The second-order valence-corrected chi connectivity index (χ2v) is 4.15. The van der Waals surface area contributed by atoms with Crippen molar-refractivity contribution in [3.8, 4) is 11.3 Å². The molecule has 1 aromatic carbocycles. The van der Waals surface area contributed by atoms with Crippen molar-refractivity contribution in [3.63, 3.8) is 0 Å². The highest BCUT2D eigenvalue weighted by molar-refractivity contribution is 5.62. The van der Waals surface area contributed by atoms with Crippen LogP contribution in [0.2, 0.25) is 0 Å². The van der Waals surface area contributed by atoms with Crippen molar-refractivity contribution in [2.75, 3.05) is 0 Å². The van der Waals surface area contributed by atoms with Gasteiger partial charge in [-0.15, -0.1) is 0 Å². The lowest BCUT2D eigenvalue weighted by atomic mass is 10.0. The lowest BCUT2D eigenvalue weighted by Gasteiger charge is -2.14. The zero-order chi connectivity index (χ0) is 15.8. The summed E-state index contributed by atoms with van der Waals surface area (Å²) in [5.41, 5.74) is -3.72. The highest BCUT2D eigenvalue weighted by atomic mass is 19.4. The summed E-state index contributed by atoms with van der Waals surface area (Å²) in [6, 6.07) is 2.69. The average Bonchev–Trinajstić information content (AvgIpc) is 2.36. The summed E-state index contributed by atoms with van der Waals surface area (Å²) in [4.78, 5) is 3.58. The molecule has 112 valence electrons. The number of hydrogen-bond donors (Lipinski definition) is 0. The summed E-state index contributed by atoms with van der Waals surface area (Å²) in [5.74, 6) is -0.814. The highest BCUT2D eigenvalue weighted by Crippen LogP contribution is 2.38. The molecule has 0 radical (unpaired) electrons. The molecule has 0 spiro atoms. The number of nitrogens with zero attached hydrogens (tertiary/aromatic N) is 1. The fraction of sp³-hybridized carbons (Fsp3) is 0.154. The van der Waals surface area contributed by atoms with E-state index in [4.69, 9.17) is 0 Å². The summed E-state index contributed by atoms with van der Waals surface area (Å²) in [7, 11) is 0. The highest BCUT2D eigenvalue weighted by Gasteiger charge is 2.37. The van der Waals surface area contributed by atoms with Crippen LogP contribution in [0.1, 0.15) is 11.1 Å². The van der Waals surface area contributed by atoms with Crippen molar-refractivity contribution in [2.24, 2.45) is 0 Å². The Balaban J connectivity index is 2.66. The minimum Gasteiger partial charge on any atom is -0.256 e. The van der Waals surface area contributed by atoms with Crippen molar-refractivity contribution >= 4 is 0 Å². The van der Waals surface area contributed by atoms with Gasteiger partial charge in [-0.3, -0.25) is 4.98 Å². The Bertz CT molecular complexity index is 626. The number of rotatable bonds is 1. The van der Waals surface area contributed by atoms with Gasteiger partial charge in [0, 0.05) is 17.8 Å². The molecule has 0 aliphatic rings. The third kappa shape index (κ3) is 3.50. The van der Waals surface area contributed by atoms with Gasteiger partial charge in [-0.25, -0.2) is 4.39 Å². The van der Waals surface area contributed by atoms with E-state index in [2.05, 4.69) is 4.98 Å². The van der Waals surface area contributed by atoms with Crippen molar-refractivity contribution in [3.05, 3.63) is 53.5 Å². The smallest absolute Gasteiger partial charge is 0.256 e. The third-order valence-corrected chi connectivity index (χ3v) is 2.61. The molecule has 0 saturated heterocycles. The first-order chi connectivity index (χ1) is 9.57. The standard InChI is InChI=1S/C13H6F7N/c14-10-1-2-21-11(6-10)7-3-8(12(15,16)17)5-9(4-7)13(18,19)20/h1-6H. The summed E-state index contributed by atoms with van der Waals surface area (Å²) in [6.07, 6.45) is -8.95. The molecule has 1 aromatic heterocycles. The normalized spacial score (nSPS) is 12.5. The van der Waals surface area contributed by atoms with Gasteiger partial charge < -0.3 is 0 Å². The van der Waals surface area contributed by atoms with Crippen LogP contribution < -0.4 is 0 Å². The Labute approximate surface area is 114 Å². The summed E-state index contributed by atoms with van der Waals surface area (Å²) < 4.78 is 89.1. The van der Waals surface area contributed by atoms with Gasteiger partial charge >= 0.3 is 12.4 Å². The maximum Gasteiger partial charge on any atom is 0.416 e. The zero-order valence-corrected chi connectivity index (χ0v) is 10.1. The number of hydrogen-bond acceptors (Lipinski definition) is 1. The van der Waals surface area contributed by atoms with Crippen LogP contribution in [0.15, 0.2) is 36.5 Å². The van der Waals surface area contributed by atoms with Gasteiger partial charge in [0.2, 0.25) is 0 Å². The van der Waals surface area contributed by atoms with E-state index in [0.717, 1.165) is 18.3 Å². The maximum absolute atomic E-state index is 13.0. The van der Waals surface area contributed by atoms with E-state index in [0.29, 0.717) is 12.1 Å². The van der Waals surface area contributed by atoms with Crippen molar-refractivity contribution < 1.29 is 30.7 Å². The molecular formula is C13H6F7N. The summed E-state index contributed by atoms with van der Waals surface area (Å²) >= 11 is 0. The van der Waals surface area contributed by atoms with Crippen LogP contribution in [0, 0.1) is 5.82 Å². The Morgan fingerprint density at radius 1 is 0.762 bits per heavy atom. The van der Waals surface area contributed by atoms with Gasteiger partial charge in [-0.05, 0) is 24.3 Å². The molecule has 2 aromatic rings. The van der Waals surface area contributed by atoms with Gasteiger partial charge in [0.15, 0.2) is 0 Å². The van der Waals surface area contributed by atoms with Gasteiger partial charge in [0.1, 0.15) is 5.82 Å². The molecule has 21 heavy (non-hydrogen) atoms. The molecule has 0 atom stereocenters. The lowest BCUT2D eigenvalue weighted by Crippen LogP contribution is -2.11. The quantitative estimate of drug-likeness (QED) is 0.681. The van der Waals surface area contributed by atoms with Gasteiger partial charge in [-0.2, -0.15) is 26.3 Å². The molecule has 0 saturated carbocycles. The second-order valence-electron chi connectivity index (χ2n) is 4.15. The fourth-order valence-corrected chi connectivity index (χ4v) is 1.67. The average molecular weight is 309 g/mol. The first-order valence-electron chi connectivity index (χ1n) is 5.49. The minimum absolute atomic E-state index is 0.00277.